The van der Waals surface area contributed by atoms with Crippen molar-refractivity contribution in [3.8, 4) is 0 Å². The molecule has 0 bridgehead atoms. The van der Waals surface area contributed by atoms with Crippen LogP contribution in [0, 0.1) is 5.82 Å². The molecule has 88 valence electrons. The molecule has 0 aromatic heterocycles. The van der Waals surface area contributed by atoms with E-state index in [-0.39, 0.29) is 11.6 Å². The Kier molecular flexibility index (Phi) is 3.70. The highest BCUT2D eigenvalue weighted by Gasteiger charge is 2.32. The van der Waals surface area contributed by atoms with Crippen molar-refractivity contribution in [2.24, 2.45) is 5.73 Å². The summed E-state index contributed by atoms with van der Waals surface area (Å²) < 4.78 is 50.4. The van der Waals surface area contributed by atoms with Crippen molar-refractivity contribution in [1.82, 2.24) is 0 Å². The summed E-state index contributed by atoms with van der Waals surface area (Å²) in [6, 6.07) is 1.95. The first-order valence-corrected chi connectivity index (χ1v) is 4.61. The summed E-state index contributed by atoms with van der Waals surface area (Å²) in [6.45, 7) is 1.61. The molecule has 0 spiro atoms. The van der Waals surface area contributed by atoms with Gasteiger partial charge in [0, 0.05) is 6.04 Å². The van der Waals surface area contributed by atoms with Crippen molar-refractivity contribution in [3.63, 3.8) is 0 Å². The number of nitrogens with two attached hydrogens (primary N) is 1. The lowest BCUT2D eigenvalue weighted by Gasteiger charge is -2.10. The fourth-order valence-corrected chi connectivity index (χ4v) is 1.19. The van der Waals surface area contributed by atoms with E-state index in [0.29, 0.717) is 0 Å². The maximum absolute atomic E-state index is 12.8. The molecule has 1 nitrogen and oxygen atoms in total. The van der Waals surface area contributed by atoms with Gasteiger partial charge in [0.25, 0.3) is 0 Å². The van der Waals surface area contributed by atoms with E-state index in [2.05, 4.69) is 0 Å². The van der Waals surface area contributed by atoms with Crippen molar-refractivity contribution >= 4 is 6.08 Å². The molecule has 0 radical (unpaired) electrons. The van der Waals surface area contributed by atoms with Crippen LogP contribution >= 0.6 is 0 Å². The van der Waals surface area contributed by atoms with Gasteiger partial charge >= 0.3 is 6.18 Å². The van der Waals surface area contributed by atoms with Crippen LogP contribution in [0.3, 0.4) is 0 Å². The van der Waals surface area contributed by atoms with Crippen molar-refractivity contribution in [2.45, 2.75) is 19.1 Å². The zero-order valence-corrected chi connectivity index (χ0v) is 8.55. The van der Waals surface area contributed by atoms with Crippen LogP contribution in [-0.2, 0) is 6.18 Å². The average molecular weight is 233 g/mol. The summed E-state index contributed by atoms with van der Waals surface area (Å²) in [6.07, 6.45) is -1.94. The number of halogens is 4. The van der Waals surface area contributed by atoms with Crippen LogP contribution in [0.2, 0.25) is 0 Å². The van der Waals surface area contributed by atoms with E-state index in [4.69, 9.17) is 5.73 Å². The number of benzene rings is 1. The first kappa shape index (κ1) is 12.7. The van der Waals surface area contributed by atoms with Crippen LogP contribution in [0.25, 0.3) is 6.08 Å². The van der Waals surface area contributed by atoms with Gasteiger partial charge in [0.15, 0.2) is 0 Å². The fraction of sp³-hybridized carbons (Fsp3) is 0.273. The van der Waals surface area contributed by atoms with Crippen LogP contribution in [0.4, 0.5) is 17.6 Å². The van der Waals surface area contributed by atoms with Crippen LogP contribution in [0.5, 0.6) is 0 Å². The standard InChI is InChI=1S/C11H11F4N/c1-7(16)2-3-8-6-9(12)4-5-10(8)11(13,14)15/h2-7H,16H2,1H3/b3-2+. The Morgan fingerprint density at radius 1 is 1.31 bits per heavy atom. The van der Waals surface area contributed by atoms with E-state index < -0.39 is 17.6 Å². The summed E-state index contributed by atoms with van der Waals surface area (Å²) in [5, 5.41) is 0. The molecule has 0 amide bonds. The molecule has 2 N–H and O–H groups in total. The number of hydrogen-bond acceptors (Lipinski definition) is 1. The van der Waals surface area contributed by atoms with Gasteiger partial charge < -0.3 is 5.73 Å². The predicted octanol–water partition coefficient (Wildman–Crippen LogP) is 3.20. The molecule has 1 aromatic rings. The summed E-state index contributed by atoms with van der Waals surface area (Å²) in [7, 11) is 0. The average Bonchev–Trinajstić information content (AvgIpc) is 2.12. The van der Waals surface area contributed by atoms with E-state index >= 15 is 0 Å². The first-order valence-electron chi connectivity index (χ1n) is 4.61. The zero-order chi connectivity index (χ0) is 12.3. The number of rotatable bonds is 2. The highest BCUT2D eigenvalue weighted by atomic mass is 19.4. The molecule has 0 aliphatic carbocycles. The first-order chi connectivity index (χ1) is 7.30. The van der Waals surface area contributed by atoms with Crippen molar-refractivity contribution in [3.05, 3.63) is 41.2 Å². The molecule has 1 atom stereocenters. The molecule has 0 aliphatic rings. The molecule has 0 aliphatic heterocycles. The van der Waals surface area contributed by atoms with Gasteiger partial charge in [-0.3, -0.25) is 0 Å². The fourth-order valence-electron chi connectivity index (χ4n) is 1.19. The molecule has 1 unspecified atom stereocenters. The SMILES string of the molecule is CC(N)/C=C/c1cc(F)ccc1C(F)(F)F. The van der Waals surface area contributed by atoms with Crippen LogP contribution in [0.15, 0.2) is 24.3 Å². The van der Waals surface area contributed by atoms with Crippen molar-refractivity contribution in [2.75, 3.05) is 0 Å². The van der Waals surface area contributed by atoms with Gasteiger partial charge in [-0.1, -0.05) is 12.2 Å². The highest BCUT2D eigenvalue weighted by molar-refractivity contribution is 5.55. The van der Waals surface area contributed by atoms with Crippen molar-refractivity contribution < 1.29 is 17.6 Å². The van der Waals surface area contributed by atoms with Gasteiger partial charge in [-0.15, -0.1) is 0 Å². The molecule has 5 heteroatoms. The molecule has 0 saturated carbocycles. The second-order valence-corrected chi connectivity index (χ2v) is 3.45. The summed E-state index contributed by atoms with van der Waals surface area (Å²) >= 11 is 0. The Morgan fingerprint density at radius 2 is 1.94 bits per heavy atom. The van der Waals surface area contributed by atoms with Crippen LogP contribution in [0.1, 0.15) is 18.1 Å². The Morgan fingerprint density at radius 3 is 2.44 bits per heavy atom. The Bertz CT molecular complexity index is 393. The van der Waals surface area contributed by atoms with Gasteiger partial charge in [-0.2, -0.15) is 13.2 Å². The lowest BCUT2D eigenvalue weighted by molar-refractivity contribution is -0.137. The van der Waals surface area contributed by atoms with Gasteiger partial charge in [-0.25, -0.2) is 4.39 Å². The maximum atomic E-state index is 12.8. The molecule has 1 rings (SSSR count). The molecule has 1 aromatic carbocycles. The van der Waals surface area contributed by atoms with E-state index in [1.54, 1.807) is 6.92 Å². The number of alkyl halides is 3. The lowest BCUT2D eigenvalue weighted by atomic mass is 10.1. The van der Waals surface area contributed by atoms with E-state index in [1.165, 1.54) is 12.2 Å². The molecule has 0 saturated heterocycles. The minimum Gasteiger partial charge on any atom is -0.325 e. The van der Waals surface area contributed by atoms with Crippen LogP contribution in [-0.4, -0.2) is 6.04 Å². The van der Waals surface area contributed by atoms with Gasteiger partial charge in [-0.05, 0) is 30.7 Å². The highest BCUT2D eigenvalue weighted by Crippen LogP contribution is 2.32. The molecule has 0 fully saturated rings. The molecule has 0 heterocycles. The second-order valence-electron chi connectivity index (χ2n) is 3.45. The molecule has 16 heavy (non-hydrogen) atoms. The van der Waals surface area contributed by atoms with E-state index in [1.807, 2.05) is 0 Å². The zero-order valence-electron chi connectivity index (χ0n) is 8.55. The minimum absolute atomic E-state index is 0.218. The number of hydrogen-bond donors (Lipinski definition) is 1. The summed E-state index contributed by atoms with van der Waals surface area (Å²) in [4.78, 5) is 0. The Balaban J connectivity index is 3.19. The topological polar surface area (TPSA) is 26.0 Å². The van der Waals surface area contributed by atoms with Gasteiger partial charge in [0.2, 0.25) is 0 Å². The second kappa shape index (κ2) is 4.65. The Labute approximate surface area is 90.6 Å². The smallest absolute Gasteiger partial charge is 0.325 e. The van der Waals surface area contributed by atoms with Gasteiger partial charge in [0.05, 0.1) is 5.56 Å². The predicted molar refractivity (Wildman–Crippen MR) is 54.1 cm³/mol. The minimum atomic E-state index is -4.49. The summed E-state index contributed by atoms with van der Waals surface area (Å²) in [5.74, 6) is -0.711. The lowest BCUT2D eigenvalue weighted by Crippen LogP contribution is -2.11. The van der Waals surface area contributed by atoms with E-state index in [9.17, 15) is 17.6 Å². The van der Waals surface area contributed by atoms with Crippen LogP contribution < -0.4 is 5.73 Å². The molecular weight excluding hydrogens is 222 g/mol. The Hall–Kier alpha value is -1.36. The third-order valence-electron chi connectivity index (χ3n) is 1.90. The monoisotopic (exact) mass is 233 g/mol. The third kappa shape index (κ3) is 3.34. The molecular formula is C11H11F4N. The third-order valence-corrected chi connectivity index (χ3v) is 1.90. The van der Waals surface area contributed by atoms with E-state index in [0.717, 1.165) is 18.2 Å². The normalized spacial score (nSPS) is 14.4. The quantitative estimate of drug-likeness (QED) is 0.780. The van der Waals surface area contributed by atoms with Gasteiger partial charge in [0.1, 0.15) is 5.82 Å². The van der Waals surface area contributed by atoms with Crippen molar-refractivity contribution in [1.29, 1.82) is 0 Å². The summed E-state index contributed by atoms with van der Waals surface area (Å²) in [5.41, 5.74) is 4.29. The largest absolute Gasteiger partial charge is 0.416 e. The maximum Gasteiger partial charge on any atom is 0.416 e.